The molecule has 0 amide bonds. The summed E-state index contributed by atoms with van der Waals surface area (Å²) in [7, 11) is 0. The van der Waals surface area contributed by atoms with E-state index >= 15 is 0 Å². The third-order valence-corrected chi connectivity index (χ3v) is 21.0. The molecule has 4 bridgehead atoms. The Hall–Kier alpha value is -2.78. The number of ether oxygens (including phenoxy) is 2. The highest BCUT2D eigenvalue weighted by molar-refractivity contribution is 5.99. The van der Waals surface area contributed by atoms with E-state index in [1.54, 1.807) is 0 Å². The van der Waals surface area contributed by atoms with E-state index in [2.05, 4.69) is 41.5 Å². The van der Waals surface area contributed by atoms with Crippen LogP contribution in [0.1, 0.15) is 145 Å². The lowest BCUT2D eigenvalue weighted by atomic mass is 9.24. The molecule has 59 heavy (non-hydrogen) atoms. The van der Waals surface area contributed by atoms with E-state index in [0.29, 0.717) is 44.9 Å². The molecule has 11 aliphatic rings. The van der Waals surface area contributed by atoms with E-state index in [-0.39, 0.29) is 76.4 Å². The largest absolute Gasteiger partial charge is 0.481 e. The van der Waals surface area contributed by atoms with Crippen molar-refractivity contribution in [2.45, 2.75) is 145 Å². The molecule has 9 aliphatic carbocycles. The number of carbonyl (C=O) groups is 6. The van der Waals surface area contributed by atoms with Crippen LogP contribution in [0.15, 0.2) is 0 Å². The number of carbonyl (C=O) groups excluding carboxylic acids is 4. The Kier molecular flexibility index (Phi) is 9.59. The summed E-state index contributed by atoms with van der Waals surface area (Å²) in [6, 6.07) is 0. The molecule has 2 heterocycles. The van der Waals surface area contributed by atoms with Crippen LogP contribution in [0.3, 0.4) is 0 Å². The lowest BCUT2D eigenvalue weighted by Crippen LogP contribution is -2.76. The SMILES string of the molecule is CCCCCC(C)(C(=O)O)C1CCC23C(CC(C4C(=O)OC(=O)C42)C(C(C)C)C3C2C(C(C)C)C3CC4C5(C)CCCC(C)(C(=O)O)C5CCC24C2C(=O)OC(=O)C32)C1. The Balaban J connectivity index is 1.26. The van der Waals surface area contributed by atoms with Crippen LogP contribution in [-0.2, 0) is 38.2 Å². The molecule has 2 N–H and O–H groups in total. The summed E-state index contributed by atoms with van der Waals surface area (Å²) < 4.78 is 11.5. The number of rotatable bonds is 10. The van der Waals surface area contributed by atoms with E-state index in [4.69, 9.17) is 9.47 Å². The van der Waals surface area contributed by atoms with Crippen molar-refractivity contribution in [1.29, 1.82) is 0 Å². The van der Waals surface area contributed by atoms with Crippen molar-refractivity contribution >= 4 is 35.8 Å². The minimum Gasteiger partial charge on any atom is -0.481 e. The third-order valence-electron chi connectivity index (χ3n) is 21.0. The summed E-state index contributed by atoms with van der Waals surface area (Å²) in [4.78, 5) is 83.7. The molecule has 0 radical (unpaired) electrons. The average molecular weight is 819 g/mol. The first-order chi connectivity index (χ1) is 27.8. The maximum atomic E-state index is 14.6. The molecule has 2 spiro atoms. The fraction of sp³-hybridized carbons (Fsp3) is 0.878. The van der Waals surface area contributed by atoms with Crippen molar-refractivity contribution in [3.05, 3.63) is 0 Å². The fourth-order valence-electron chi connectivity index (χ4n) is 19.3. The van der Waals surface area contributed by atoms with Gasteiger partial charge in [-0.15, -0.1) is 0 Å². The molecule has 0 aromatic carbocycles. The van der Waals surface area contributed by atoms with Gasteiger partial charge in [0.1, 0.15) is 0 Å². The molecule has 0 aromatic rings. The van der Waals surface area contributed by atoms with Gasteiger partial charge in [0.2, 0.25) is 0 Å². The minimum absolute atomic E-state index is 0.00350. The van der Waals surface area contributed by atoms with Gasteiger partial charge in [-0.3, -0.25) is 28.8 Å². The standard InChI is InChI=1S/C49H70O10/c1-9-10-11-15-45(6,43(54)55)25-13-18-48-26(20-25)21-27(33-37(48)41(52)58-39(33)50)31(23(2)3)35(48)36-32(24(4)5)28-22-30-46(7)16-12-17-47(8,44(56)57)29(46)14-19-49(30,36)38-34(28)40(51)59-42(38)53/h23-38H,9-22H2,1-8H3,(H,54,55)(H,56,57). The second-order valence-corrected chi connectivity index (χ2v) is 23.3. The molecular formula is C49H70O10. The molecule has 326 valence electrons. The number of hydrogen-bond donors (Lipinski definition) is 2. The molecular weight excluding hydrogens is 749 g/mol. The number of esters is 4. The van der Waals surface area contributed by atoms with E-state index in [9.17, 15) is 39.0 Å². The Labute approximate surface area is 350 Å². The number of carboxylic acid groups (broad SMARTS) is 2. The van der Waals surface area contributed by atoms with Crippen molar-refractivity contribution in [3.8, 4) is 0 Å². The molecule has 11 fully saturated rings. The van der Waals surface area contributed by atoms with Crippen molar-refractivity contribution in [2.75, 3.05) is 0 Å². The van der Waals surface area contributed by atoms with Gasteiger partial charge in [0.05, 0.1) is 34.5 Å². The van der Waals surface area contributed by atoms with Crippen molar-refractivity contribution in [1.82, 2.24) is 0 Å². The first-order valence-corrected chi connectivity index (χ1v) is 23.7. The number of cyclic esters (lactones) is 4. The number of carboxylic acids is 2. The molecule has 2 saturated heterocycles. The lowest BCUT2D eigenvalue weighted by Gasteiger charge is -2.78. The Morgan fingerprint density at radius 2 is 1.29 bits per heavy atom. The van der Waals surface area contributed by atoms with E-state index in [1.165, 1.54) is 0 Å². The monoisotopic (exact) mass is 818 g/mol. The van der Waals surface area contributed by atoms with Gasteiger partial charge in [-0.05, 0) is 165 Å². The minimum atomic E-state index is -0.911. The van der Waals surface area contributed by atoms with Crippen LogP contribution >= 0.6 is 0 Å². The predicted molar refractivity (Wildman–Crippen MR) is 216 cm³/mol. The summed E-state index contributed by atoms with van der Waals surface area (Å²) in [5.74, 6) is -5.66. The quantitative estimate of drug-likeness (QED) is 0.124. The molecule has 9 saturated carbocycles. The van der Waals surface area contributed by atoms with Crippen LogP contribution in [0.4, 0.5) is 0 Å². The fourth-order valence-corrected chi connectivity index (χ4v) is 19.3. The van der Waals surface area contributed by atoms with Crippen LogP contribution in [0, 0.1) is 122 Å². The summed E-state index contributed by atoms with van der Waals surface area (Å²) in [6.07, 6.45) is 10.4. The van der Waals surface area contributed by atoms with Crippen LogP contribution in [0.2, 0.25) is 0 Å². The number of unbranched alkanes of at least 4 members (excludes halogenated alkanes) is 2. The topological polar surface area (TPSA) is 161 Å². The van der Waals surface area contributed by atoms with Gasteiger partial charge in [0.25, 0.3) is 0 Å². The second-order valence-electron chi connectivity index (χ2n) is 23.3. The van der Waals surface area contributed by atoms with Crippen molar-refractivity contribution < 1.29 is 48.5 Å². The van der Waals surface area contributed by atoms with Crippen LogP contribution < -0.4 is 0 Å². The van der Waals surface area contributed by atoms with E-state index in [1.807, 2.05) is 13.8 Å². The highest BCUT2D eigenvalue weighted by Crippen LogP contribution is 2.83. The maximum absolute atomic E-state index is 14.6. The molecule has 10 heteroatoms. The third kappa shape index (κ3) is 5.09. The maximum Gasteiger partial charge on any atom is 0.318 e. The van der Waals surface area contributed by atoms with E-state index in [0.717, 1.165) is 44.9 Å². The van der Waals surface area contributed by atoms with Gasteiger partial charge in [-0.1, -0.05) is 67.2 Å². The van der Waals surface area contributed by atoms with Gasteiger partial charge >= 0.3 is 35.8 Å². The van der Waals surface area contributed by atoms with Gasteiger partial charge in [-0.25, -0.2) is 0 Å². The Bertz CT molecular complexity index is 1840. The normalized spacial score (nSPS) is 50.3. The van der Waals surface area contributed by atoms with Gasteiger partial charge < -0.3 is 19.7 Å². The van der Waals surface area contributed by atoms with E-state index < -0.39 is 81.1 Å². The first-order valence-electron chi connectivity index (χ1n) is 23.7. The second kappa shape index (κ2) is 13.6. The zero-order chi connectivity index (χ0) is 42.5. The highest BCUT2D eigenvalue weighted by atomic mass is 16.6. The highest BCUT2D eigenvalue weighted by Gasteiger charge is 2.83. The first kappa shape index (κ1) is 41.6. The number of hydrogen-bond acceptors (Lipinski definition) is 8. The molecule has 19 unspecified atom stereocenters. The molecule has 10 nitrogen and oxygen atoms in total. The predicted octanol–water partition coefficient (Wildman–Crippen LogP) is 8.83. The van der Waals surface area contributed by atoms with Gasteiger partial charge in [0, 0.05) is 0 Å². The van der Waals surface area contributed by atoms with Crippen LogP contribution in [0.25, 0.3) is 0 Å². The molecule has 2 aliphatic heterocycles. The zero-order valence-electron chi connectivity index (χ0n) is 36.8. The zero-order valence-corrected chi connectivity index (χ0v) is 36.8. The van der Waals surface area contributed by atoms with Gasteiger partial charge in [0.15, 0.2) is 0 Å². The van der Waals surface area contributed by atoms with Crippen LogP contribution in [-0.4, -0.2) is 46.0 Å². The Morgan fingerprint density at radius 3 is 1.85 bits per heavy atom. The molecule has 0 aromatic heterocycles. The lowest BCUT2D eigenvalue weighted by molar-refractivity contribution is -0.312. The Morgan fingerprint density at radius 1 is 0.729 bits per heavy atom. The number of fused-ring (bicyclic) bond motifs is 4. The van der Waals surface area contributed by atoms with Crippen LogP contribution in [0.5, 0.6) is 0 Å². The average Bonchev–Trinajstić information content (AvgIpc) is 3.67. The summed E-state index contributed by atoms with van der Waals surface area (Å²) in [5, 5.41) is 21.8. The molecule has 19 atom stereocenters. The summed E-state index contributed by atoms with van der Waals surface area (Å²) in [6.45, 7) is 17.4. The van der Waals surface area contributed by atoms with Gasteiger partial charge in [-0.2, -0.15) is 0 Å². The molecule has 11 rings (SSSR count). The summed E-state index contributed by atoms with van der Waals surface area (Å²) in [5.41, 5.74) is -3.51. The van der Waals surface area contributed by atoms with Crippen molar-refractivity contribution in [2.24, 2.45) is 122 Å². The smallest absolute Gasteiger partial charge is 0.318 e. The number of aliphatic carboxylic acids is 2. The summed E-state index contributed by atoms with van der Waals surface area (Å²) >= 11 is 0. The van der Waals surface area contributed by atoms with Crippen molar-refractivity contribution in [3.63, 3.8) is 0 Å².